The predicted octanol–water partition coefficient (Wildman–Crippen LogP) is 2.64. The second-order valence-corrected chi connectivity index (χ2v) is 5.73. The summed E-state index contributed by atoms with van der Waals surface area (Å²) in [5.74, 6) is -2.72. The van der Waals surface area contributed by atoms with Gasteiger partial charge in [-0.15, -0.1) is 0 Å². The van der Waals surface area contributed by atoms with E-state index in [-0.39, 0.29) is 16.6 Å². The zero-order chi connectivity index (χ0) is 15.6. The molecule has 5 nitrogen and oxygen atoms in total. The largest absolute Gasteiger partial charge is 0.479 e. The Morgan fingerprint density at radius 3 is 2.86 bits per heavy atom. The Labute approximate surface area is 126 Å². The van der Waals surface area contributed by atoms with Crippen LogP contribution in [-0.4, -0.2) is 27.5 Å². The van der Waals surface area contributed by atoms with Crippen molar-refractivity contribution in [2.75, 3.05) is 0 Å². The van der Waals surface area contributed by atoms with Crippen molar-refractivity contribution in [2.24, 2.45) is 5.92 Å². The van der Waals surface area contributed by atoms with Gasteiger partial charge in [-0.3, -0.25) is 4.79 Å². The molecule has 1 fully saturated rings. The van der Waals surface area contributed by atoms with Crippen LogP contribution in [0.25, 0.3) is 0 Å². The zero-order valence-electron chi connectivity index (χ0n) is 11.5. The summed E-state index contributed by atoms with van der Waals surface area (Å²) in [7, 11) is 0. The lowest BCUT2D eigenvalue weighted by molar-refractivity contribution is -0.148. The first-order valence-corrected chi connectivity index (χ1v) is 7.11. The van der Waals surface area contributed by atoms with Crippen LogP contribution in [0.3, 0.4) is 0 Å². The van der Waals surface area contributed by atoms with Crippen LogP contribution in [0, 0.1) is 11.7 Å². The van der Waals surface area contributed by atoms with Crippen molar-refractivity contribution in [3.63, 3.8) is 0 Å². The summed E-state index contributed by atoms with van der Waals surface area (Å²) in [5, 5.41) is 11.9. The fraction of sp³-hybridized carbons (Fsp3) is 0.500. The molecule has 0 saturated heterocycles. The van der Waals surface area contributed by atoms with Crippen molar-refractivity contribution >= 4 is 23.5 Å². The molecule has 1 aromatic rings. The van der Waals surface area contributed by atoms with Crippen LogP contribution in [0.1, 0.15) is 43.0 Å². The lowest BCUT2D eigenvalue weighted by Gasteiger charge is -2.39. The molecule has 1 heterocycles. The lowest BCUT2D eigenvalue weighted by Crippen LogP contribution is -2.60. The Bertz CT molecular complexity index is 581. The molecule has 0 aliphatic heterocycles. The van der Waals surface area contributed by atoms with E-state index < -0.39 is 23.2 Å². The van der Waals surface area contributed by atoms with Gasteiger partial charge in [0, 0.05) is 0 Å². The number of amides is 1. The maximum absolute atomic E-state index is 13.2. The van der Waals surface area contributed by atoms with Crippen molar-refractivity contribution in [3.8, 4) is 0 Å². The fourth-order valence-corrected chi connectivity index (χ4v) is 2.94. The standard InChI is InChI=1S/C14H16ClFN2O3/c1-8-4-2-3-5-14(8,13(20)21)18-12(19)10-6-9(16)7-17-11(10)15/h6-8H,2-5H2,1H3,(H,18,19)(H,20,21). The van der Waals surface area contributed by atoms with Crippen LogP contribution in [0.5, 0.6) is 0 Å². The van der Waals surface area contributed by atoms with E-state index in [1.165, 1.54) is 0 Å². The molecule has 1 amide bonds. The average Bonchev–Trinajstić information content (AvgIpc) is 2.43. The third-order valence-corrected chi connectivity index (χ3v) is 4.37. The van der Waals surface area contributed by atoms with E-state index in [2.05, 4.69) is 10.3 Å². The summed E-state index contributed by atoms with van der Waals surface area (Å²) < 4.78 is 13.2. The van der Waals surface area contributed by atoms with Gasteiger partial charge in [-0.2, -0.15) is 0 Å². The maximum Gasteiger partial charge on any atom is 0.329 e. The number of hydrogen-bond donors (Lipinski definition) is 2. The van der Waals surface area contributed by atoms with Gasteiger partial charge in [-0.05, 0) is 24.8 Å². The normalized spacial score (nSPS) is 25.4. The first kappa shape index (κ1) is 15.7. The second-order valence-electron chi connectivity index (χ2n) is 5.37. The number of pyridine rings is 1. The molecule has 0 aromatic carbocycles. The average molecular weight is 315 g/mol. The van der Waals surface area contributed by atoms with E-state index in [0.29, 0.717) is 19.3 Å². The highest BCUT2D eigenvalue weighted by Crippen LogP contribution is 2.34. The molecular weight excluding hydrogens is 299 g/mol. The number of hydrogen-bond acceptors (Lipinski definition) is 3. The summed E-state index contributed by atoms with van der Waals surface area (Å²) in [5.41, 5.74) is -1.50. The van der Waals surface area contributed by atoms with Gasteiger partial charge in [0.05, 0.1) is 11.8 Å². The molecule has 21 heavy (non-hydrogen) atoms. The second kappa shape index (κ2) is 5.97. The number of nitrogens with one attached hydrogen (secondary N) is 1. The van der Waals surface area contributed by atoms with Gasteiger partial charge < -0.3 is 10.4 Å². The van der Waals surface area contributed by atoms with E-state index in [0.717, 1.165) is 18.7 Å². The van der Waals surface area contributed by atoms with E-state index in [9.17, 15) is 19.1 Å². The van der Waals surface area contributed by atoms with Gasteiger partial charge in [-0.1, -0.05) is 31.4 Å². The van der Waals surface area contributed by atoms with E-state index in [1.807, 2.05) is 0 Å². The summed E-state index contributed by atoms with van der Waals surface area (Å²) in [4.78, 5) is 27.5. The summed E-state index contributed by atoms with van der Waals surface area (Å²) in [6.45, 7) is 1.79. The van der Waals surface area contributed by atoms with Crippen molar-refractivity contribution in [3.05, 3.63) is 28.8 Å². The van der Waals surface area contributed by atoms with E-state index >= 15 is 0 Å². The van der Waals surface area contributed by atoms with Gasteiger partial charge in [0.2, 0.25) is 0 Å². The maximum atomic E-state index is 13.2. The molecule has 0 radical (unpaired) electrons. The van der Waals surface area contributed by atoms with Crippen molar-refractivity contribution < 1.29 is 19.1 Å². The van der Waals surface area contributed by atoms with Crippen LogP contribution < -0.4 is 5.32 Å². The molecule has 1 aliphatic rings. The van der Waals surface area contributed by atoms with E-state index in [1.54, 1.807) is 6.92 Å². The number of aromatic nitrogens is 1. The number of carboxylic acids is 1. The molecule has 1 saturated carbocycles. The Hall–Kier alpha value is -1.69. The van der Waals surface area contributed by atoms with Crippen molar-refractivity contribution in [1.29, 1.82) is 0 Å². The Morgan fingerprint density at radius 1 is 1.52 bits per heavy atom. The molecule has 2 unspecified atom stereocenters. The van der Waals surface area contributed by atoms with Crippen LogP contribution in [0.4, 0.5) is 4.39 Å². The molecule has 2 rings (SSSR count). The Kier molecular flexibility index (Phi) is 4.46. The molecule has 114 valence electrons. The van der Waals surface area contributed by atoms with Gasteiger partial charge in [-0.25, -0.2) is 14.2 Å². The third kappa shape index (κ3) is 3.00. The number of carboxylic acid groups (broad SMARTS) is 1. The molecule has 7 heteroatoms. The Balaban J connectivity index is 2.31. The zero-order valence-corrected chi connectivity index (χ0v) is 12.3. The van der Waals surface area contributed by atoms with Gasteiger partial charge in [0.1, 0.15) is 16.5 Å². The SMILES string of the molecule is CC1CCCCC1(NC(=O)c1cc(F)cnc1Cl)C(=O)O. The molecule has 2 atom stereocenters. The minimum atomic E-state index is -1.34. The van der Waals surface area contributed by atoms with Gasteiger partial charge in [0.15, 0.2) is 0 Å². The van der Waals surface area contributed by atoms with Crippen LogP contribution in [0.15, 0.2) is 12.3 Å². The highest BCUT2D eigenvalue weighted by atomic mass is 35.5. The minimum absolute atomic E-state index is 0.155. The topological polar surface area (TPSA) is 79.3 Å². The van der Waals surface area contributed by atoms with E-state index in [4.69, 9.17) is 11.6 Å². The number of nitrogens with zero attached hydrogens (tertiary/aromatic N) is 1. The first-order chi connectivity index (χ1) is 9.86. The van der Waals surface area contributed by atoms with Crippen LogP contribution in [0.2, 0.25) is 5.15 Å². The first-order valence-electron chi connectivity index (χ1n) is 6.74. The van der Waals surface area contributed by atoms with Gasteiger partial charge >= 0.3 is 5.97 Å². The van der Waals surface area contributed by atoms with Crippen molar-refractivity contribution in [2.45, 2.75) is 38.1 Å². The smallest absolute Gasteiger partial charge is 0.329 e. The number of carbonyl (C=O) groups excluding carboxylic acids is 1. The number of halogens is 2. The number of carbonyl (C=O) groups is 2. The van der Waals surface area contributed by atoms with Crippen molar-refractivity contribution in [1.82, 2.24) is 10.3 Å². The molecule has 1 aromatic heterocycles. The number of aliphatic carboxylic acids is 1. The summed E-state index contributed by atoms with van der Waals surface area (Å²) in [6.07, 6.45) is 3.59. The van der Waals surface area contributed by atoms with Gasteiger partial charge in [0.25, 0.3) is 5.91 Å². The number of rotatable bonds is 3. The summed E-state index contributed by atoms with van der Waals surface area (Å²) >= 11 is 5.78. The fourth-order valence-electron chi connectivity index (χ4n) is 2.76. The molecule has 2 N–H and O–H groups in total. The highest BCUT2D eigenvalue weighted by molar-refractivity contribution is 6.32. The third-order valence-electron chi connectivity index (χ3n) is 4.07. The Morgan fingerprint density at radius 2 is 2.24 bits per heavy atom. The summed E-state index contributed by atoms with van der Waals surface area (Å²) in [6, 6.07) is 0.952. The monoisotopic (exact) mass is 314 g/mol. The molecule has 0 spiro atoms. The highest BCUT2D eigenvalue weighted by Gasteiger charge is 2.46. The molecule has 0 bridgehead atoms. The quantitative estimate of drug-likeness (QED) is 0.841. The predicted molar refractivity (Wildman–Crippen MR) is 74.7 cm³/mol. The molecule has 1 aliphatic carbocycles. The minimum Gasteiger partial charge on any atom is -0.479 e. The van der Waals surface area contributed by atoms with Crippen LogP contribution >= 0.6 is 11.6 Å². The lowest BCUT2D eigenvalue weighted by atomic mass is 9.73. The van der Waals surface area contributed by atoms with Crippen LogP contribution in [-0.2, 0) is 4.79 Å². The molecular formula is C14H16ClFN2O3.